The highest BCUT2D eigenvalue weighted by Crippen LogP contribution is 2.46. The molecule has 1 aliphatic carbocycles. The molecular weight excluding hydrogens is 220 g/mol. The first-order valence-electron chi connectivity index (χ1n) is 5.57. The Hall–Kier alpha value is -1.71. The first-order valence-corrected chi connectivity index (χ1v) is 5.57. The molecule has 0 aliphatic heterocycles. The van der Waals surface area contributed by atoms with Gasteiger partial charge in [-0.05, 0) is 35.6 Å². The Bertz CT molecular complexity index is 453. The van der Waals surface area contributed by atoms with E-state index in [9.17, 15) is 9.90 Å². The van der Waals surface area contributed by atoms with E-state index >= 15 is 0 Å². The molecule has 0 amide bonds. The first-order chi connectivity index (χ1) is 8.08. The molecule has 0 fully saturated rings. The topological polar surface area (TPSA) is 55.8 Å². The Balaban J connectivity index is 2.54. The predicted molar refractivity (Wildman–Crippen MR) is 63.0 cm³/mol. The predicted octanol–water partition coefficient (Wildman–Crippen LogP) is 2.38. The third-order valence-corrected chi connectivity index (χ3v) is 3.38. The summed E-state index contributed by atoms with van der Waals surface area (Å²) < 4.78 is 10.4. The molecule has 0 aromatic heterocycles. The van der Waals surface area contributed by atoms with Gasteiger partial charge in [0.1, 0.15) is 0 Å². The number of ether oxygens (including phenoxy) is 2. The highest BCUT2D eigenvalue weighted by atomic mass is 16.5. The van der Waals surface area contributed by atoms with Crippen LogP contribution in [0.4, 0.5) is 0 Å². The fourth-order valence-electron chi connectivity index (χ4n) is 2.48. The zero-order chi connectivity index (χ0) is 12.6. The lowest BCUT2D eigenvalue weighted by Gasteiger charge is -2.12. The molecule has 2 rings (SSSR count). The molecule has 4 heteroatoms. The van der Waals surface area contributed by atoms with Crippen LogP contribution < -0.4 is 9.47 Å². The normalized spacial score (nSPS) is 22.1. The van der Waals surface area contributed by atoms with Gasteiger partial charge >= 0.3 is 5.97 Å². The summed E-state index contributed by atoms with van der Waals surface area (Å²) in [5.41, 5.74) is 1.90. The Morgan fingerprint density at radius 3 is 2.24 bits per heavy atom. The fraction of sp³-hybridized carbons (Fsp3) is 0.462. The van der Waals surface area contributed by atoms with E-state index in [4.69, 9.17) is 9.47 Å². The van der Waals surface area contributed by atoms with Crippen LogP contribution in [0.2, 0.25) is 0 Å². The third-order valence-electron chi connectivity index (χ3n) is 3.38. The number of benzene rings is 1. The number of carboxylic acid groups (broad SMARTS) is 1. The van der Waals surface area contributed by atoms with E-state index in [1.165, 1.54) is 0 Å². The Kier molecular flexibility index (Phi) is 2.96. The first kappa shape index (κ1) is 11.8. The molecule has 1 aromatic rings. The van der Waals surface area contributed by atoms with Gasteiger partial charge in [0.25, 0.3) is 0 Å². The fourth-order valence-corrected chi connectivity index (χ4v) is 2.48. The smallest absolute Gasteiger partial charge is 0.311 e. The van der Waals surface area contributed by atoms with Gasteiger partial charge in [0.2, 0.25) is 0 Å². The summed E-state index contributed by atoms with van der Waals surface area (Å²) in [6, 6.07) is 3.68. The summed E-state index contributed by atoms with van der Waals surface area (Å²) in [7, 11) is 3.14. The van der Waals surface area contributed by atoms with Crippen molar-refractivity contribution in [2.24, 2.45) is 0 Å². The molecule has 17 heavy (non-hydrogen) atoms. The van der Waals surface area contributed by atoms with Gasteiger partial charge in [0, 0.05) is 0 Å². The zero-order valence-electron chi connectivity index (χ0n) is 10.2. The Morgan fingerprint density at radius 2 is 1.76 bits per heavy atom. The summed E-state index contributed by atoms with van der Waals surface area (Å²) in [5.74, 6) is 0.282. The van der Waals surface area contributed by atoms with Crippen molar-refractivity contribution in [3.8, 4) is 11.5 Å². The van der Waals surface area contributed by atoms with E-state index < -0.39 is 11.9 Å². The monoisotopic (exact) mass is 236 g/mol. The number of hydrogen-bond acceptors (Lipinski definition) is 3. The van der Waals surface area contributed by atoms with Gasteiger partial charge in [0.05, 0.1) is 20.1 Å². The second-order valence-electron chi connectivity index (χ2n) is 4.36. The lowest BCUT2D eigenvalue weighted by molar-refractivity contribution is -0.138. The summed E-state index contributed by atoms with van der Waals surface area (Å²) in [4.78, 5) is 11.2. The molecule has 0 heterocycles. The average molecular weight is 236 g/mol. The Morgan fingerprint density at radius 1 is 1.24 bits per heavy atom. The molecule has 0 bridgehead atoms. The van der Waals surface area contributed by atoms with Crippen LogP contribution in [-0.4, -0.2) is 25.3 Å². The number of carboxylic acids is 1. The van der Waals surface area contributed by atoms with Gasteiger partial charge in [-0.25, -0.2) is 0 Å². The molecule has 2 atom stereocenters. The van der Waals surface area contributed by atoms with E-state index in [1.807, 2.05) is 13.0 Å². The highest BCUT2D eigenvalue weighted by molar-refractivity contribution is 5.79. The molecule has 0 saturated carbocycles. The molecule has 0 saturated heterocycles. The number of rotatable bonds is 3. The van der Waals surface area contributed by atoms with E-state index in [1.54, 1.807) is 20.3 Å². The zero-order valence-corrected chi connectivity index (χ0v) is 10.2. The molecular formula is C13H16O4. The largest absolute Gasteiger partial charge is 0.493 e. The minimum atomic E-state index is -0.775. The second-order valence-corrected chi connectivity index (χ2v) is 4.36. The summed E-state index contributed by atoms with van der Waals surface area (Å²) >= 11 is 0. The van der Waals surface area contributed by atoms with Gasteiger partial charge in [-0.2, -0.15) is 0 Å². The van der Waals surface area contributed by atoms with E-state index in [-0.39, 0.29) is 5.92 Å². The highest BCUT2D eigenvalue weighted by Gasteiger charge is 2.34. The van der Waals surface area contributed by atoms with Gasteiger partial charge in [0.15, 0.2) is 11.5 Å². The van der Waals surface area contributed by atoms with Gasteiger partial charge in [-0.15, -0.1) is 0 Å². The standard InChI is InChI=1S/C13H16O4/c1-7-4-10(13(14)15)9-6-12(17-3)11(16-2)5-8(7)9/h5-7,10H,4H2,1-3H3,(H,14,15). The maximum atomic E-state index is 11.2. The molecule has 2 unspecified atom stereocenters. The van der Waals surface area contributed by atoms with Crippen molar-refractivity contribution in [2.45, 2.75) is 25.2 Å². The molecule has 1 aliphatic rings. The van der Waals surface area contributed by atoms with Crippen LogP contribution >= 0.6 is 0 Å². The van der Waals surface area contributed by atoms with Crippen LogP contribution in [0.3, 0.4) is 0 Å². The van der Waals surface area contributed by atoms with Crippen LogP contribution in [-0.2, 0) is 4.79 Å². The quantitative estimate of drug-likeness (QED) is 0.875. The van der Waals surface area contributed by atoms with Crippen molar-refractivity contribution in [1.82, 2.24) is 0 Å². The van der Waals surface area contributed by atoms with E-state index in [0.29, 0.717) is 17.9 Å². The van der Waals surface area contributed by atoms with Crippen molar-refractivity contribution in [1.29, 1.82) is 0 Å². The lowest BCUT2D eigenvalue weighted by atomic mass is 10.0. The van der Waals surface area contributed by atoms with Crippen molar-refractivity contribution in [2.75, 3.05) is 14.2 Å². The van der Waals surface area contributed by atoms with Crippen molar-refractivity contribution >= 4 is 5.97 Å². The number of aliphatic carboxylic acids is 1. The van der Waals surface area contributed by atoms with E-state index in [0.717, 1.165) is 11.1 Å². The van der Waals surface area contributed by atoms with Crippen molar-refractivity contribution < 1.29 is 19.4 Å². The van der Waals surface area contributed by atoms with Crippen LogP contribution in [0.1, 0.15) is 36.3 Å². The minimum Gasteiger partial charge on any atom is -0.493 e. The SMILES string of the molecule is COc1cc2c(cc1OC)C(C(=O)O)CC2C. The number of hydrogen-bond donors (Lipinski definition) is 1. The average Bonchev–Trinajstić information content (AvgIpc) is 2.64. The van der Waals surface area contributed by atoms with Crippen LogP contribution in [0.5, 0.6) is 11.5 Å². The Labute approximate surface area is 100 Å². The molecule has 4 nitrogen and oxygen atoms in total. The molecule has 1 N–H and O–H groups in total. The van der Waals surface area contributed by atoms with Gasteiger partial charge in [-0.1, -0.05) is 6.92 Å². The second kappa shape index (κ2) is 4.28. The van der Waals surface area contributed by atoms with Crippen molar-refractivity contribution in [3.05, 3.63) is 23.3 Å². The number of fused-ring (bicyclic) bond motifs is 1. The van der Waals surface area contributed by atoms with Gasteiger partial charge in [-0.3, -0.25) is 4.79 Å². The van der Waals surface area contributed by atoms with Gasteiger partial charge < -0.3 is 14.6 Å². The van der Waals surface area contributed by atoms with Crippen LogP contribution in [0, 0.1) is 0 Å². The minimum absolute atomic E-state index is 0.242. The number of carbonyl (C=O) groups is 1. The van der Waals surface area contributed by atoms with Crippen LogP contribution in [0.25, 0.3) is 0 Å². The maximum Gasteiger partial charge on any atom is 0.311 e. The van der Waals surface area contributed by atoms with Crippen LogP contribution in [0.15, 0.2) is 12.1 Å². The maximum absolute atomic E-state index is 11.2. The summed E-state index contributed by atoms with van der Waals surface area (Å²) in [6.45, 7) is 2.04. The molecule has 0 radical (unpaired) electrons. The van der Waals surface area contributed by atoms with Crippen molar-refractivity contribution in [3.63, 3.8) is 0 Å². The molecule has 1 aromatic carbocycles. The molecule has 0 spiro atoms. The van der Waals surface area contributed by atoms with E-state index in [2.05, 4.69) is 0 Å². The number of methoxy groups -OCH3 is 2. The molecule has 92 valence electrons. The summed E-state index contributed by atoms with van der Waals surface area (Å²) in [5, 5.41) is 9.20. The third kappa shape index (κ3) is 1.84. The lowest BCUT2D eigenvalue weighted by Crippen LogP contribution is -2.08. The summed E-state index contributed by atoms with van der Waals surface area (Å²) in [6.07, 6.45) is 0.640.